The quantitative estimate of drug-likeness (QED) is 0.769. The van der Waals surface area contributed by atoms with Crippen LogP contribution in [0.5, 0.6) is 0 Å². The number of halogens is 3. The molecule has 0 bridgehead atoms. The van der Waals surface area contributed by atoms with Crippen LogP contribution in [0.4, 0.5) is 13.2 Å². The number of carboxylic acids is 1. The SMILES string of the molecule is CC1(C)SC[C@H](C(=O)O)N1C(=O)C(F)(F)F. The highest BCUT2D eigenvalue weighted by Crippen LogP contribution is 2.41. The number of thioether (sulfide) groups is 1. The van der Waals surface area contributed by atoms with E-state index in [1.54, 1.807) is 0 Å². The van der Waals surface area contributed by atoms with Gasteiger partial charge in [-0.25, -0.2) is 4.79 Å². The van der Waals surface area contributed by atoms with Gasteiger partial charge in [0.15, 0.2) is 0 Å². The van der Waals surface area contributed by atoms with E-state index in [2.05, 4.69) is 0 Å². The average molecular weight is 257 g/mol. The van der Waals surface area contributed by atoms with Crippen molar-refractivity contribution in [2.45, 2.75) is 30.9 Å². The summed E-state index contributed by atoms with van der Waals surface area (Å²) in [5, 5.41) is 8.76. The number of hydrogen-bond acceptors (Lipinski definition) is 3. The van der Waals surface area contributed by atoms with Crippen LogP contribution < -0.4 is 0 Å². The Hall–Kier alpha value is -0.920. The number of alkyl halides is 3. The highest BCUT2D eigenvalue weighted by atomic mass is 32.2. The standard InChI is InChI=1S/C8H10F3NO3S/c1-7(2)12(6(15)8(9,10)11)4(3-16-7)5(13)14/h4H,3H2,1-2H3,(H,13,14)/t4-/m1/s1. The summed E-state index contributed by atoms with van der Waals surface area (Å²) in [7, 11) is 0. The second-order valence-corrected chi connectivity index (χ2v) is 5.41. The number of hydrogen-bond donors (Lipinski definition) is 1. The summed E-state index contributed by atoms with van der Waals surface area (Å²) in [6.07, 6.45) is -5.05. The summed E-state index contributed by atoms with van der Waals surface area (Å²) in [4.78, 5) is 21.1. The molecule has 0 unspecified atom stereocenters. The molecule has 0 spiro atoms. The molecule has 1 fully saturated rings. The largest absolute Gasteiger partial charge is 0.480 e. The van der Waals surface area contributed by atoms with Crippen molar-refractivity contribution in [3.8, 4) is 0 Å². The first-order chi connectivity index (χ1) is 7.07. The maximum absolute atomic E-state index is 12.3. The zero-order valence-corrected chi connectivity index (χ0v) is 9.35. The van der Waals surface area contributed by atoms with E-state index < -0.39 is 29.0 Å². The molecular weight excluding hydrogens is 247 g/mol. The maximum atomic E-state index is 12.3. The second-order valence-electron chi connectivity index (χ2n) is 3.78. The molecule has 92 valence electrons. The molecule has 0 aromatic heterocycles. The van der Waals surface area contributed by atoms with Gasteiger partial charge in [-0.2, -0.15) is 13.2 Å². The first kappa shape index (κ1) is 13.1. The van der Waals surface area contributed by atoms with Crippen molar-refractivity contribution in [3.05, 3.63) is 0 Å². The lowest BCUT2D eigenvalue weighted by Crippen LogP contribution is -2.54. The van der Waals surface area contributed by atoms with Gasteiger partial charge < -0.3 is 10.0 Å². The summed E-state index contributed by atoms with van der Waals surface area (Å²) in [5.74, 6) is -3.56. The number of carbonyl (C=O) groups excluding carboxylic acids is 1. The van der Waals surface area contributed by atoms with Crippen LogP contribution >= 0.6 is 11.8 Å². The molecule has 8 heteroatoms. The number of carboxylic acid groups (broad SMARTS) is 1. The van der Waals surface area contributed by atoms with E-state index >= 15 is 0 Å². The van der Waals surface area contributed by atoms with E-state index in [1.807, 2.05) is 0 Å². The highest BCUT2D eigenvalue weighted by molar-refractivity contribution is 8.00. The lowest BCUT2D eigenvalue weighted by molar-refractivity contribution is -0.191. The predicted octanol–water partition coefficient (Wildman–Crippen LogP) is 1.31. The summed E-state index contributed by atoms with van der Waals surface area (Å²) in [6.45, 7) is 2.79. The Balaban J connectivity index is 3.05. The number of nitrogens with zero attached hydrogens (tertiary/aromatic N) is 1. The Morgan fingerprint density at radius 1 is 1.44 bits per heavy atom. The van der Waals surface area contributed by atoms with Crippen LogP contribution in [0, 0.1) is 0 Å². The van der Waals surface area contributed by atoms with Gasteiger partial charge in [0.05, 0.1) is 4.87 Å². The molecule has 1 atom stereocenters. The van der Waals surface area contributed by atoms with Crippen molar-refractivity contribution >= 4 is 23.6 Å². The Labute approximate surface area is 93.8 Å². The van der Waals surface area contributed by atoms with Gasteiger partial charge in [0.1, 0.15) is 6.04 Å². The Morgan fingerprint density at radius 3 is 2.31 bits per heavy atom. The minimum absolute atomic E-state index is 0.0375. The van der Waals surface area contributed by atoms with E-state index in [0.717, 1.165) is 11.8 Å². The lowest BCUT2D eigenvalue weighted by Gasteiger charge is -2.33. The summed E-state index contributed by atoms with van der Waals surface area (Å²) >= 11 is 1.01. The van der Waals surface area contributed by atoms with Crippen molar-refractivity contribution < 1.29 is 27.9 Å². The molecule has 0 saturated carbocycles. The van der Waals surface area contributed by atoms with E-state index in [0.29, 0.717) is 4.90 Å². The van der Waals surface area contributed by atoms with Crippen LogP contribution in [0.2, 0.25) is 0 Å². The van der Waals surface area contributed by atoms with E-state index in [-0.39, 0.29) is 5.75 Å². The number of carbonyl (C=O) groups is 2. The molecule has 1 rings (SSSR count). The molecule has 1 heterocycles. The van der Waals surface area contributed by atoms with Crippen LogP contribution in [0.1, 0.15) is 13.8 Å². The fourth-order valence-electron chi connectivity index (χ4n) is 1.51. The molecule has 1 N–H and O–H groups in total. The van der Waals surface area contributed by atoms with E-state index in [1.165, 1.54) is 13.8 Å². The van der Waals surface area contributed by atoms with Gasteiger partial charge in [-0.1, -0.05) is 0 Å². The van der Waals surface area contributed by atoms with Crippen LogP contribution in [0.15, 0.2) is 0 Å². The molecule has 0 aliphatic carbocycles. The lowest BCUT2D eigenvalue weighted by atomic mass is 10.2. The molecule has 0 radical (unpaired) electrons. The fourth-order valence-corrected chi connectivity index (χ4v) is 2.71. The monoisotopic (exact) mass is 257 g/mol. The topological polar surface area (TPSA) is 57.6 Å². The van der Waals surface area contributed by atoms with Crippen LogP contribution in [-0.2, 0) is 9.59 Å². The predicted molar refractivity (Wildman–Crippen MR) is 50.9 cm³/mol. The number of rotatable bonds is 1. The molecular formula is C8H10F3NO3S. The van der Waals surface area contributed by atoms with E-state index in [9.17, 15) is 22.8 Å². The first-order valence-electron chi connectivity index (χ1n) is 4.34. The molecule has 1 aliphatic rings. The van der Waals surface area contributed by atoms with Crippen LogP contribution in [0.3, 0.4) is 0 Å². The van der Waals surface area contributed by atoms with Crippen LogP contribution in [0.25, 0.3) is 0 Å². The van der Waals surface area contributed by atoms with Gasteiger partial charge in [-0.15, -0.1) is 11.8 Å². The van der Waals surface area contributed by atoms with Gasteiger partial charge in [0.25, 0.3) is 0 Å². The van der Waals surface area contributed by atoms with Gasteiger partial charge in [0, 0.05) is 5.75 Å². The molecule has 0 aromatic carbocycles. The summed E-state index contributed by atoms with van der Waals surface area (Å²) < 4.78 is 36.9. The molecule has 1 amide bonds. The third-order valence-corrected chi connectivity index (χ3v) is 3.62. The molecule has 0 aromatic rings. The second kappa shape index (κ2) is 3.83. The van der Waals surface area contributed by atoms with E-state index in [4.69, 9.17) is 5.11 Å². The zero-order valence-electron chi connectivity index (χ0n) is 8.54. The van der Waals surface area contributed by atoms with Gasteiger partial charge >= 0.3 is 18.1 Å². The Morgan fingerprint density at radius 2 is 1.94 bits per heavy atom. The fraction of sp³-hybridized carbons (Fsp3) is 0.750. The van der Waals surface area contributed by atoms with Crippen molar-refractivity contribution in [1.29, 1.82) is 0 Å². The Bertz CT molecular complexity index is 329. The minimum Gasteiger partial charge on any atom is -0.480 e. The molecule has 1 aliphatic heterocycles. The maximum Gasteiger partial charge on any atom is 0.471 e. The first-order valence-corrected chi connectivity index (χ1v) is 5.33. The smallest absolute Gasteiger partial charge is 0.471 e. The van der Waals surface area contributed by atoms with Gasteiger partial charge in [-0.3, -0.25) is 4.79 Å². The molecule has 1 saturated heterocycles. The zero-order chi connectivity index (χ0) is 12.7. The third kappa shape index (κ3) is 2.26. The van der Waals surface area contributed by atoms with Crippen molar-refractivity contribution in [2.75, 3.05) is 5.75 Å². The normalized spacial score (nSPS) is 24.6. The summed E-state index contributed by atoms with van der Waals surface area (Å²) in [5.41, 5.74) is 0. The number of aliphatic carboxylic acids is 1. The van der Waals surface area contributed by atoms with Gasteiger partial charge in [0.2, 0.25) is 0 Å². The summed E-state index contributed by atoms with van der Waals surface area (Å²) in [6, 6.07) is -1.42. The molecule has 16 heavy (non-hydrogen) atoms. The third-order valence-electron chi connectivity index (χ3n) is 2.23. The highest BCUT2D eigenvalue weighted by Gasteiger charge is 2.54. The minimum atomic E-state index is -5.05. The molecule has 4 nitrogen and oxygen atoms in total. The van der Waals surface area contributed by atoms with Crippen molar-refractivity contribution in [2.24, 2.45) is 0 Å². The Kier molecular flexibility index (Phi) is 3.15. The van der Waals surface area contributed by atoms with Crippen LogP contribution in [-0.4, -0.2) is 44.7 Å². The average Bonchev–Trinajstić information content (AvgIpc) is 2.38. The number of amides is 1. The van der Waals surface area contributed by atoms with Crippen molar-refractivity contribution in [3.63, 3.8) is 0 Å². The van der Waals surface area contributed by atoms with Gasteiger partial charge in [-0.05, 0) is 13.8 Å². The van der Waals surface area contributed by atoms with Crippen molar-refractivity contribution in [1.82, 2.24) is 4.90 Å².